The fourth-order valence-corrected chi connectivity index (χ4v) is 2.26. The lowest BCUT2D eigenvalue weighted by atomic mass is 10.3. The number of primary amides is 1. The molecule has 1 saturated carbocycles. The molecule has 1 fully saturated rings. The minimum absolute atomic E-state index is 0.0933. The van der Waals surface area contributed by atoms with Gasteiger partial charge in [-0.15, -0.1) is 0 Å². The third-order valence-corrected chi connectivity index (χ3v) is 3.44. The first-order chi connectivity index (χ1) is 8.59. The highest BCUT2D eigenvalue weighted by Crippen LogP contribution is 2.28. The zero-order valence-corrected chi connectivity index (χ0v) is 10.5. The second-order valence-corrected chi connectivity index (χ2v) is 4.90. The van der Waals surface area contributed by atoms with E-state index in [-0.39, 0.29) is 23.2 Å². The van der Waals surface area contributed by atoms with Crippen LogP contribution in [-0.2, 0) is 4.79 Å². The van der Waals surface area contributed by atoms with Gasteiger partial charge in [0.1, 0.15) is 10.6 Å². The topological polar surface area (TPSA) is 123 Å². The maximum absolute atomic E-state index is 11.4. The summed E-state index contributed by atoms with van der Waals surface area (Å²) in [5.74, 6) is -0.177. The van der Waals surface area contributed by atoms with Crippen LogP contribution in [0, 0.1) is 5.92 Å². The Kier molecular flexibility index (Phi) is 3.66. The van der Waals surface area contributed by atoms with E-state index in [2.05, 4.69) is 15.0 Å². The summed E-state index contributed by atoms with van der Waals surface area (Å²) in [5.41, 5.74) is 10.9. The van der Waals surface area contributed by atoms with Crippen molar-refractivity contribution in [3.63, 3.8) is 0 Å². The summed E-state index contributed by atoms with van der Waals surface area (Å²) in [4.78, 5) is 22.5. The van der Waals surface area contributed by atoms with Crippen molar-refractivity contribution in [1.29, 1.82) is 0 Å². The summed E-state index contributed by atoms with van der Waals surface area (Å²) in [5, 5.41) is 6.34. The number of anilines is 2. The minimum Gasteiger partial charge on any atom is -0.382 e. The molecule has 6 N–H and O–H groups in total. The van der Waals surface area contributed by atoms with Crippen molar-refractivity contribution in [3.05, 3.63) is 5.56 Å². The zero-order chi connectivity index (χ0) is 13.1. The summed E-state index contributed by atoms with van der Waals surface area (Å²) in [7, 11) is 0. The standard InChI is InChI=1S/C10H15N5O2S/c11-7-6(8(12)16)10(18-15-7)14-4-3-13-9(17)5-1-2-5/h5,14H,1-4H2,(H2,11,15)(H2,12,16)(H,13,17). The molecule has 1 aromatic heterocycles. The second-order valence-electron chi connectivity index (χ2n) is 4.13. The molecule has 0 atom stereocenters. The molecular weight excluding hydrogens is 254 g/mol. The van der Waals surface area contributed by atoms with Crippen molar-refractivity contribution in [2.24, 2.45) is 11.7 Å². The molecule has 1 aromatic rings. The predicted molar refractivity (Wildman–Crippen MR) is 69.3 cm³/mol. The van der Waals surface area contributed by atoms with Gasteiger partial charge in [0, 0.05) is 19.0 Å². The number of nitrogens with zero attached hydrogens (tertiary/aromatic N) is 1. The second kappa shape index (κ2) is 5.21. The Bertz CT molecular complexity index is 469. The number of aromatic nitrogens is 1. The normalized spacial score (nSPS) is 14.2. The number of carbonyl (C=O) groups is 2. The first-order valence-electron chi connectivity index (χ1n) is 5.66. The molecule has 7 nitrogen and oxygen atoms in total. The molecule has 18 heavy (non-hydrogen) atoms. The Morgan fingerprint density at radius 3 is 2.72 bits per heavy atom. The van der Waals surface area contributed by atoms with E-state index in [1.165, 1.54) is 0 Å². The van der Waals surface area contributed by atoms with E-state index in [4.69, 9.17) is 11.5 Å². The monoisotopic (exact) mass is 269 g/mol. The summed E-state index contributed by atoms with van der Waals surface area (Å²) < 4.78 is 3.86. The molecule has 0 aromatic carbocycles. The average molecular weight is 269 g/mol. The SMILES string of the molecule is NC(=O)c1c(N)nsc1NCCNC(=O)C1CC1. The van der Waals surface area contributed by atoms with Gasteiger partial charge >= 0.3 is 0 Å². The van der Waals surface area contributed by atoms with Crippen molar-refractivity contribution < 1.29 is 9.59 Å². The summed E-state index contributed by atoms with van der Waals surface area (Å²) in [6.07, 6.45) is 1.97. The fourth-order valence-electron chi connectivity index (χ4n) is 1.51. The summed E-state index contributed by atoms with van der Waals surface area (Å²) in [6, 6.07) is 0. The van der Waals surface area contributed by atoms with Gasteiger partial charge < -0.3 is 22.1 Å². The summed E-state index contributed by atoms with van der Waals surface area (Å²) in [6.45, 7) is 0.992. The van der Waals surface area contributed by atoms with Crippen molar-refractivity contribution in [2.45, 2.75) is 12.8 Å². The molecule has 2 amide bonds. The van der Waals surface area contributed by atoms with Crippen LogP contribution in [0.1, 0.15) is 23.2 Å². The maximum atomic E-state index is 11.4. The molecule has 0 spiro atoms. The number of nitrogens with one attached hydrogen (secondary N) is 2. The fraction of sp³-hybridized carbons (Fsp3) is 0.500. The number of nitrogens with two attached hydrogens (primary N) is 2. The highest BCUT2D eigenvalue weighted by molar-refractivity contribution is 7.11. The third kappa shape index (κ3) is 2.89. The van der Waals surface area contributed by atoms with Crippen LogP contribution in [0.15, 0.2) is 0 Å². The van der Waals surface area contributed by atoms with E-state index in [1.54, 1.807) is 0 Å². The van der Waals surface area contributed by atoms with Gasteiger partial charge in [0.15, 0.2) is 5.82 Å². The lowest BCUT2D eigenvalue weighted by Crippen LogP contribution is -2.30. The van der Waals surface area contributed by atoms with Gasteiger partial charge in [-0.3, -0.25) is 9.59 Å². The third-order valence-electron chi connectivity index (χ3n) is 2.62. The molecule has 1 heterocycles. The van der Waals surface area contributed by atoms with Crippen LogP contribution in [0.4, 0.5) is 10.8 Å². The Morgan fingerprint density at radius 2 is 2.11 bits per heavy atom. The van der Waals surface area contributed by atoms with Gasteiger partial charge in [-0.2, -0.15) is 4.37 Å². The molecule has 1 aliphatic rings. The van der Waals surface area contributed by atoms with Gasteiger partial charge in [-0.05, 0) is 24.4 Å². The number of nitrogen functional groups attached to an aromatic ring is 1. The lowest BCUT2D eigenvalue weighted by Gasteiger charge is -2.06. The number of rotatable bonds is 6. The van der Waals surface area contributed by atoms with E-state index >= 15 is 0 Å². The maximum Gasteiger partial charge on any atom is 0.255 e. The Morgan fingerprint density at radius 1 is 1.39 bits per heavy atom. The van der Waals surface area contributed by atoms with Crippen molar-refractivity contribution in [1.82, 2.24) is 9.69 Å². The molecule has 2 rings (SSSR count). The van der Waals surface area contributed by atoms with Gasteiger partial charge in [0.25, 0.3) is 5.91 Å². The van der Waals surface area contributed by atoms with Gasteiger partial charge in [0.2, 0.25) is 5.91 Å². The van der Waals surface area contributed by atoms with E-state index in [1.807, 2.05) is 0 Å². The van der Waals surface area contributed by atoms with E-state index in [0.29, 0.717) is 18.1 Å². The van der Waals surface area contributed by atoms with Crippen LogP contribution >= 0.6 is 11.5 Å². The molecule has 98 valence electrons. The van der Waals surface area contributed by atoms with Crippen LogP contribution in [0.25, 0.3) is 0 Å². The molecule has 1 aliphatic carbocycles. The number of hydrogen-bond donors (Lipinski definition) is 4. The summed E-state index contributed by atoms with van der Waals surface area (Å²) >= 11 is 1.08. The molecule has 0 bridgehead atoms. The quantitative estimate of drug-likeness (QED) is 0.531. The average Bonchev–Trinajstić information content (AvgIpc) is 3.09. The van der Waals surface area contributed by atoms with Gasteiger partial charge in [-0.1, -0.05) is 0 Å². The van der Waals surface area contributed by atoms with Gasteiger partial charge in [-0.25, -0.2) is 0 Å². The largest absolute Gasteiger partial charge is 0.382 e. The highest BCUT2D eigenvalue weighted by Gasteiger charge is 2.29. The van der Waals surface area contributed by atoms with Crippen LogP contribution < -0.4 is 22.1 Å². The Labute approximate surface area is 108 Å². The van der Waals surface area contributed by atoms with Crippen molar-refractivity contribution in [2.75, 3.05) is 24.1 Å². The van der Waals surface area contributed by atoms with E-state index < -0.39 is 5.91 Å². The van der Waals surface area contributed by atoms with Gasteiger partial charge in [0.05, 0.1) is 0 Å². The lowest BCUT2D eigenvalue weighted by molar-refractivity contribution is -0.122. The molecule has 0 radical (unpaired) electrons. The van der Waals surface area contributed by atoms with E-state index in [9.17, 15) is 9.59 Å². The molecular formula is C10H15N5O2S. The molecule has 0 aliphatic heterocycles. The van der Waals surface area contributed by atoms with Crippen molar-refractivity contribution >= 4 is 34.2 Å². The molecule has 0 unspecified atom stereocenters. The van der Waals surface area contributed by atoms with Crippen LogP contribution in [0.5, 0.6) is 0 Å². The molecule has 0 saturated heterocycles. The van der Waals surface area contributed by atoms with Crippen LogP contribution in [-0.4, -0.2) is 29.3 Å². The smallest absolute Gasteiger partial charge is 0.255 e. The van der Waals surface area contributed by atoms with Crippen LogP contribution in [0.3, 0.4) is 0 Å². The number of carbonyl (C=O) groups excluding carboxylic acids is 2. The highest BCUT2D eigenvalue weighted by atomic mass is 32.1. The van der Waals surface area contributed by atoms with Crippen molar-refractivity contribution in [3.8, 4) is 0 Å². The number of amides is 2. The Hall–Kier alpha value is -1.83. The van der Waals surface area contributed by atoms with E-state index in [0.717, 1.165) is 24.4 Å². The zero-order valence-electron chi connectivity index (χ0n) is 9.73. The minimum atomic E-state index is -0.606. The van der Waals surface area contributed by atoms with Crippen LogP contribution in [0.2, 0.25) is 0 Å². The first-order valence-corrected chi connectivity index (χ1v) is 6.43. The number of hydrogen-bond acceptors (Lipinski definition) is 6. The predicted octanol–water partition coefficient (Wildman–Crippen LogP) is -0.238. The molecule has 8 heteroatoms. The first kappa shape index (κ1) is 12.6. The Balaban J connectivity index is 1.79.